The number of carbonyl (C=O) groups is 1. The fourth-order valence-electron chi connectivity index (χ4n) is 3.27. The summed E-state index contributed by atoms with van der Waals surface area (Å²) in [5, 5.41) is 2.50. The molecule has 190 valence electrons. The van der Waals surface area contributed by atoms with Gasteiger partial charge in [0.25, 0.3) is 0 Å². The summed E-state index contributed by atoms with van der Waals surface area (Å²) in [5.74, 6) is -2.13. The molecule has 0 aliphatic rings. The van der Waals surface area contributed by atoms with Gasteiger partial charge in [-0.05, 0) is 48.4 Å². The van der Waals surface area contributed by atoms with E-state index in [1.54, 1.807) is 0 Å². The standard InChI is InChI=1S/C24H20F5N3O3S/c1-14-10-15(11-19(26)22(14)32-36(2,34)35)13-30-21(33)9-7-16-6-8-20(24(27,28)29)31-23(16)17-4-3-5-18(25)12-17/h3-12,32H,13H2,1-2H3,(H,30,33)/b9-7+. The molecule has 3 aromatic rings. The maximum Gasteiger partial charge on any atom is 0.433 e. The average Bonchev–Trinajstić information content (AvgIpc) is 2.77. The van der Waals surface area contributed by atoms with Gasteiger partial charge in [0.1, 0.15) is 17.3 Å². The van der Waals surface area contributed by atoms with E-state index >= 15 is 0 Å². The van der Waals surface area contributed by atoms with E-state index in [0.29, 0.717) is 11.1 Å². The van der Waals surface area contributed by atoms with Gasteiger partial charge in [-0.15, -0.1) is 0 Å². The first-order valence-corrected chi connectivity index (χ1v) is 12.2. The first kappa shape index (κ1) is 26.8. The van der Waals surface area contributed by atoms with Crippen molar-refractivity contribution in [2.75, 3.05) is 11.0 Å². The van der Waals surface area contributed by atoms with Crippen LogP contribution in [0.25, 0.3) is 17.3 Å². The molecule has 0 saturated carbocycles. The molecule has 1 aromatic heterocycles. The lowest BCUT2D eigenvalue weighted by Crippen LogP contribution is -2.20. The topological polar surface area (TPSA) is 88.2 Å². The van der Waals surface area contributed by atoms with Crippen LogP contribution in [0.1, 0.15) is 22.4 Å². The predicted octanol–water partition coefficient (Wildman–Crippen LogP) is 5.06. The molecule has 6 nitrogen and oxygen atoms in total. The molecular weight excluding hydrogens is 505 g/mol. The third-order valence-electron chi connectivity index (χ3n) is 4.83. The largest absolute Gasteiger partial charge is 0.433 e. The number of aromatic nitrogens is 1. The summed E-state index contributed by atoms with van der Waals surface area (Å²) >= 11 is 0. The molecule has 12 heteroatoms. The van der Waals surface area contributed by atoms with E-state index in [4.69, 9.17) is 0 Å². The third kappa shape index (κ3) is 7.11. The van der Waals surface area contributed by atoms with Crippen LogP contribution in [0.2, 0.25) is 0 Å². The lowest BCUT2D eigenvalue weighted by molar-refractivity contribution is -0.141. The van der Waals surface area contributed by atoms with Crippen molar-refractivity contribution in [2.24, 2.45) is 0 Å². The number of rotatable bonds is 7. The highest BCUT2D eigenvalue weighted by Crippen LogP contribution is 2.32. The van der Waals surface area contributed by atoms with Gasteiger partial charge >= 0.3 is 6.18 Å². The Hall–Kier alpha value is -3.80. The number of amides is 1. The molecule has 0 bridgehead atoms. The maximum absolute atomic E-state index is 14.3. The Morgan fingerprint density at radius 3 is 2.42 bits per heavy atom. The predicted molar refractivity (Wildman–Crippen MR) is 125 cm³/mol. The van der Waals surface area contributed by atoms with Crippen molar-refractivity contribution in [3.05, 3.63) is 88.6 Å². The highest BCUT2D eigenvalue weighted by atomic mass is 32.2. The first-order valence-electron chi connectivity index (χ1n) is 10.3. The van der Waals surface area contributed by atoms with Crippen LogP contribution in [0.5, 0.6) is 0 Å². The van der Waals surface area contributed by atoms with Gasteiger partial charge in [-0.1, -0.05) is 24.3 Å². The van der Waals surface area contributed by atoms with Crippen molar-refractivity contribution in [1.29, 1.82) is 0 Å². The minimum Gasteiger partial charge on any atom is -0.348 e. The molecule has 1 heterocycles. The molecule has 1 amide bonds. The second-order valence-electron chi connectivity index (χ2n) is 7.84. The van der Waals surface area contributed by atoms with E-state index in [0.717, 1.165) is 42.7 Å². The average molecular weight is 525 g/mol. The number of sulfonamides is 1. The molecule has 3 rings (SSSR count). The van der Waals surface area contributed by atoms with Crippen molar-refractivity contribution in [3.63, 3.8) is 0 Å². The second-order valence-corrected chi connectivity index (χ2v) is 9.59. The number of carbonyl (C=O) groups excluding carboxylic acids is 1. The van der Waals surface area contributed by atoms with E-state index in [1.807, 2.05) is 0 Å². The highest BCUT2D eigenvalue weighted by molar-refractivity contribution is 7.92. The minimum atomic E-state index is -4.72. The van der Waals surface area contributed by atoms with Gasteiger partial charge in [0, 0.05) is 23.7 Å². The Kier molecular flexibility index (Phi) is 7.77. The number of hydrogen-bond donors (Lipinski definition) is 2. The number of alkyl halides is 3. The summed E-state index contributed by atoms with van der Waals surface area (Å²) in [4.78, 5) is 15.9. The summed E-state index contributed by atoms with van der Waals surface area (Å²) in [7, 11) is -3.69. The normalized spacial score (nSPS) is 12.1. The van der Waals surface area contributed by atoms with Crippen LogP contribution in [0.4, 0.5) is 27.6 Å². The number of hydrogen-bond acceptors (Lipinski definition) is 4. The van der Waals surface area contributed by atoms with Gasteiger partial charge in [0.15, 0.2) is 0 Å². The molecule has 0 radical (unpaired) electrons. The van der Waals surface area contributed by atoms with Crippen molar-refractivity contribution in [1.82, 2.24) is 10.3 Å². The number of halogens is 5. The van der Waals surface area contributed by atoms with E-state index in [2.05, 4.69) is 15.0 Å². The summed E-state index contributed by atoms with van der Waals surface area (Å²) in [5.41, 5.74) is -0.656. The van der Waals surface area contributed by atoms with Crippen LogP contribution >= 0.6 is 0 Å². The zero-order valence-corrected chi connectivity index (χ0v) is 19.8. The quantitative estimate of drug-likeness (QED) is 0.334. The van der Waals surface area contributed by atoms with E-state index in [1.165, 1.54) is 31.2 Å². The molecule has 0 aliphatic heterocycles. The Morgan fingerprint density at radius 1 is 1.08 bits per heavy atom. The molecule has 0 saturated heterocycles. The van der Waals surface area contributed by atoms with Gasteiger partial charge in [0.05, 0.1) is 17.6 Å². The number of anilines is 1. The number of nitrogens with zero attached hydrogens (tertiary/aromatic N) is 1. The Labute approximate surface area is 203 Å². The van der Waals surface area contributed by atoms with Crippen LogP contribution in [0.3, 0.4) is 0 Å². The molecule has 2 N–H and O–H groups in total. The summed E-state index contributed by atoms with van der Waals surface area (Å²) in [6.07, 6.45) is -1.55. The third-order valence-corrected chi connectivity index (χ3v) is 5.41. The first-order chi connectivity index (χ1) is 16.7. The van der Waals surface area contributed by atoms with Crippen LogP contribution in [-0.4, -0.2) is 25.6 Å². The SMILES string of the molecule is Cc1cc(CNC(=O)/C=C/c2ccc(C(F)(F)F)nc2-c2cccc(F)c2)cc(F)c1NS(C)(=O)=O. The number of benzene rings is 2. The Bertz CT molecular complexity index is 1410. The van der Waals surface area contributed by atoms with E-state index in [9.17, 15) is 35.2 Å². The maximum atomic E-state index is 14.3. The van der Waals surface area contributed by atoms with Crippen molar-refractivity contribution >= 4 is 27.7 Å². The van der Waals surface area contributed by atoms with Crippen molar-refractivity contribution < 1.29 is 35.2 Å². The minimum absolute atomic E-state index is 0.0925. The highest BCUT2D eigenvalue weighted by Gasteiger charge is 2.33. The molecular formula is C24H20F5N3O3S. The second kappa shape index (κ2) is 10.4. The molecule has 0 fully saturated rings. The van der Waals surface area contributed by atoms with Crippen LogP contribution < -0.4 is 10.0 Å². The summed E-state index contributed by atoms with van der Waals surface area (Å²) < 4.78 is 92.3. The smallest absolute Gasteiger partial charge is 0.348 e. The molecule has 0 unspecified atom stereocenters. The summed E-state index contributed by atoms with van der Waals surface area (Å²) in [6, 6.07) is 9.29. The zero-order chi connectivity index (χ0) is 26.7. The molecule has 0 aliphatic carbocycles. The van der Waals surface area contributed by atoms with Crippen molar-refractivity contribution in [3.8, 4) is 11.3 Å². The molecule has 0 spiro atoms. The van der Waals surface area contributed by atoms with Crippen LogP contribution in [0.15, 0.2) is 54.6 Å². The zero-order valence-electron chi connectivity index (χ0n) is 19.0. The number of aryl methyl sites for hydroxylation is 1. The van der Waals surface area contributed by atoms with Gasteiger partial charge in [-0.25, -0.2) is 22.2 Å². The number of pyridine rings is 1. The van der Waals surface area contributed by atoms with E-state index < -0.39 is 39.4 Å². The molecule has 0 atom stereocenters. The Balaban J connectivity index is 1.80. The fourth-order valence-corrected chi connectivity index (χ4v) is 3.90. The Morgan fingerprint density at radius 2 is 1.81 bits per heavy atom. The van der Waals surface area contributed by atoms with E-state index in [-0.39, 0.29) is 29.1 Å². The lowest BCUT2D eigenvalue weighted by Gasteiger charge is -2.12. The van der Waals surface area contributed by atoms with Crippen LogP contribution in [-0.2, 0) is 27.5 Å². The van der Waals surface area contributed by atoms with Gasteiger partial charge in [0.2, 0.25) is 15.9 Å². The monoisotopic (exact) mass is 525 g/mol. The molecule has 36 heavy (non-hydrogen) atoms. The van der Waals surface area contributed by atoms with Crippen molar-refractivity contribution in [2.45, 2.75) is 19.6 Å². The number of nitrogens with one attached hydrogen (secondary N) is 2. The van der Waals surface area contributed by atoms with Crippen LogP contribution in [0, 0.1) is 18.6 Å². The lowest BCUT2D eigenvalue weighted by atomic mass is 10.0. The van der Waals surface area contributed by atoms with Gasteiger partial charge < -0.3 is 5.32 Å². The summed E-state index contributed by atoms with van der Waals surface area (Å²) in [6.45, 7) is 1.38. The van der Waals surface area contributed by atoms with Gasteiger partial charge in [-0.2, -0.15) is 13.2 Å². The molecule has 2 aromatic carbocycles. The van der Waals surface area contributed by atoms with Gasteiger partial charge in [-0.3, -0.25) is 9.52 Å². The fraction of sp³-hybridized carbons (Fsp3) is 0.167.